The Morgan fingerprint density at radius 2 is 1.96 bits per heavy atom. The number of nitrogens with zero attached hydrogens (tertiary/aromatic N) is 4. The summed E-state index contributed by atoms with van der Waals surface area (Å²) in [6.45, 7) is 2.64. The quantitative estimate of drug-likeness (QED) is 0.545. The molecular formula is C16H18N6O2. The predicted octanol–water partition coefficient (Wildman–Crippen LogP) is 1.90. The normalized spacial score (nSPS) is 11.5. The van der Waals surface area contributed by atoms with Crippen LogP contribution >= 0.6 is 0 Å². The molecule has 3 aromatic rings. The predicted molar refractivity (Wildman–Crippen MR) is 88.0 cm³/mol. The highest BCUT2D eigenvalue weighted by Crippen LogP contribution is 2.22. The standard InChI is InChI=1S/C16H18N6O2/c1-11-21-14(24-22-11)9-19-16(17-2)18-8-13-15(23-10-20-13)12-6-4-3-5-7-12/h3-7,10H,8-9H2,1-2H3,(H2,17,18,19). The van der Waals surface area contributed by atoms with Crippen molar-refractivity contribution < 1.29 is 8.94 Å². The van der Waals surface area contributed by atoms with Crippen LogP contribution in [0, 0.1) is 6.92 Å². The van der Waals surface area contributed by atoms with E-state index in [0.717, 1.165) is 17.0 Å². The first-order chi connectivity index (χ1) is 11.8. The summed E-state index contributed by atoms with van der Waals surface area (Å²) in [6.07, 6.45) is 1.44. The molecule has 3 rings (SSSR count). The van der Waals surface area contributed by atoms with Crippen LogP contribution in [0.1, 0.15) is 17.4 Å². The summed E-state index contributed by atoms with van der Waals surface area (Å²) in [5.41, 5.74) is 1.79. The molecule has 0 fully saturated rings. The van der Waals surface area contributed by atoms with E-state index in [0.29, 0.717) is 30.8 Å². The van der Waals surface area contributed by atoms with Crippen molar-refractivity contribution in [2.45, 2.75) is 20.0 Å². The van der Waals surface area contributed by atoms with Gasteiger partial charge in [0.15, 0.2) is 23.9 Å². The monoisotopic (exact) mass is 326 g/mol. The summed E-state index contributed by atoms with van der Waals surface area (Å²) in [7, 11) is 1.69. The van der Waals surface area contributed by atoms with E-state index in [1.165, 1.54) is 6.39 Å². The number of aromatic nitrogens is 3. The van der Waals surface area contributed by atoms with Crippen LogP contribution in [0.4, 0.5) is 0 Å². The van der Waals surface area contributed by atoms with Gasteiger partial charge in [-0.2, -0.15) is 4.98 Å². The Labute approximate surface area is 139 Å². The van der Waals surface area contributed by atoms with Gasteiger partial charge in [-0.15, -0.1) is 0 Å². The molecule has 24 heavy (non-hydrogen) atoms. The molecule has 0 amide bonds. The molecule has 0 spiro atoms. The molecule has 124 valence electrons. The van der Waals surface area contributed by atoms with Crippen LogP contribution in [-0.4, -0.2) is 28.1 Å². The van der Waals surface area contributed by atoms with Gasteiger partial charge in [-0.05, 0) is 6.92 Å². The first-order valence-electron chi connectivity index (χ1n) is 7.47. The van der Waals surface area contributed by atoms with Gasteiger partial charge >= 0.3 is 0 Å². The minimum atomic E-state index is 0.394. The fourth-order valence-electron chi connectivity index (χ4n) is 2.18. The number of nitrogens with one attached hydrogen (secondary N) is 2. The Hall–Kier alpha value is -3.16. The van der Waals surface area contributed by atoms with Crippen LogP contribution < -0.4 is 10.6 Å². The van der Waals surface area contributed by atoms with Gasteiger partial charge in [0, 0.05) is 12.6 Å². The first kappa shape index (κ1) is 15.7. The summed E-state index contributed by atoms with van der Waals surface area (Å²) in [5, 5.41) is 10.0. The first-order valence-corrected chi connectivity index (χ1v) is 7.47. The summed E-state index contributed by atoms with van der Waals surface area (Å²) in [5.74, 6) is 2.45. The lowest BCUT2D eigenvalue weighted by Crippen LogP contribution is -2.36. The van der Waals surface area contributed by atoms with Crippen LogP contribution in [0.2, 0.25) is 0 Å². The lowest BCUT2D eigenvalue weighted by molar-refractivity contribution is 0.371. The number of benzene rings is 1. The highest BCUT2D eigenvalue weighted by atomic mass is 16.5. The van der Waals surface area contributed by atoms with Crippen molar-refractivity contribution in [2.75, 3.05) is 7.05 Å². The minimum absolute atomic E-state index is 0.394. The molecule has 8 nitrogen and oxygen atoms in total. The molecule has 0 aliphatic heterocycles. The Balaban J connectivity index is 1.59. The van der Waals surface area contributed by atoms with E-state index in [1.54, 1.807) is 14.0 Å². The number of oxazole rings is 1. The average Bonchev–Trinajstić information content (AvgIpc) is 3.25. The van der Waals surface area contributed by atoms with Gasteiger partial charge in [-0.25, -0.2) is 4.98 Å². The van der Waals surface area contributed by atoms with Crippen molar-refractivity contribution in [3.05, 3.63) is 54.1 Å². The largest absolute Gasteiger partial charge is 0.443 e. The van der Waals surface area contributed by atoms with Crippen LogP contribution in [-0.2, 0) is 13.1 Å². The Morgan fingerprint density at radius 3 is 2.67 bits per heavy atom. The lowest BCUT2D eigenvalue weighted by Gasteiger charge is -2.09. The van der Waals surface area contributed by atoms with E-state index in [9.17, 15) is 0 Å². The summed E-state index contributed by atoms with van der Waals surface area (Å²) < 4.78 is 10.6. The van der Waals surface area contributed by atoms with Gasteiger partial charge in [-0.3, -0.25) is 4.99 Å². The smallest absolute Gasteiger partial charge is 0.246 e. The molecule has 0 aliphatic carbocycles. The molecule has 0 radical (unpaired) electrons. The van der Waals surface area contributed by atoms with Crippen molar-refractivity contribution in [3.63, 3.8) is 0 Å². The van der Waals surface area contributed by atoms with E-state index >= 15 is 0 Å². The molecule has 0 saturated heterocycles. The van der Waals surface area contributed by atoms with Gasteiger partial charge in [0.25, 0.3) is 0 Å². The zero-order valence-corrected chi connectivity index (χ0v) is 13.5. The molecular weight excluding hydrogens is 308 g/mol. The zero-order chi connectivity index (χ0) is 16.8. The summed E-state index contributed by atoms with van der Waals surface area (Å²) in [6, 6.07) is 9.84. The maximum atomic E-state index is 5.50. The second-order valence-electron chi connectivity index (χ2n) is 5.01. The topological polar surface area (TPSA) is 101 Å². The molecule has 1 aromatic carbocycles. The Bertz CT molecular complexity index is 809. The second-order valence-corrected chi connectivity index (χ2v) is 5.01. The van der Waals surface area contributed by atoms with Gasteiger partial charge < -0.3 is 19.6 Å². The number of hydrogen-bond acceptors (Lipinski definition) is 6. The fraction of sp³-hybridized carbons (Fsp3) is 0.250. The zero-order valence-electron chi connectivity index (χ0n) is 13.5. The second kappa shape index (κ2) is 7.40. The van der Waals surface area contributed by atoms with Crippen molar-refractivity contribution in [3.8, 4) is 11.3 Å². The average molecular weight is 326 g/mol. The number of hydrogen-bond donors (Lipinski definition) is 2. The van der Waals surface area contributed by atoms with Crippen molar-refractivity contribution in [2.24, 2.45) is 4.99 Å². The third-order valence-corrected chi connectivity index (χ3v) is 3.30. The minimum Gasteiger partial charge on any atom is -0.443 e. The van der Waals surface area contributed by atoms with Crippen molar-refractivity contribution in [1.29, 1.82) is 0 Å². The highest BCUT2D eigenvalue weighted by molar-refractivity contribution is 5.79. The van der Waals surface area contributed by atoms with Crippen LogP contribution in [0.15, 0.2) is 50.7 Å². The van der Waals surface area contributed by atoms with E-state index < -0.39 is 0 Å². The van der Waals surface area contributed by atoms with E-state index in [-0.39, 0.29) is 0 Å². The maximum Gasteiger partial charge on any atom is 0.246 e. The molecule has 0 unspecified atom stereocenters. The molecule has 0 bridgehead atoms. The van der Waals surface area contributed by atoms with Gasteiger partial charge in [-0.1, -0.05) is 35.5 Å². The van der Waals surface area contributed by atoms with E-state index in [1.807, 2.05) is 30.3 Å². The molecule has 8 heteroatoms. The summed E-state index contributed by atoms with van der Waals surface area (Å²) >= 11 is 0. The van der Waals surface area contributed by atoms with E-state index in [4.69, 9.17) is 8.94 Å². The number of guanidine groups is 1. The van der Waals surface area contributed by atoms with Crippen molar-refractivity contribution in [1.82, 2.24) is 25.8 Å². The SMILES string of the molecule is CN=C(NCc1nc(C)no1)NCc1ncoc1-c1ccccc1. The lowest BCUT2D eigenvalue weighted by atomic mass is 10.1. The number of aryl methyl sites for hydroxylation is 1. The van der Waals surface area contributed by atoms with Gasteiger partial charge in [0.2, 0.25) is 5.89 Å². The highest BCUT2D eigenvalue weighted by Gasteiger charge is 2.11. The molecule has 0 saturated carbocycles. The van der Waals surface area contributed by atoms with Crippen molar-refractivity contribution >= 4 is 5.96 Å². The molecule has 0 aliphatic rings. The van der Waals surface area contributed by atoms with Crippen LogP contribution in [0.3, 0.4) is 0 Å². The maximum absolute atomic E-state index is 5.50. The van der Waals surface area contributed by atoms with Gasteiger partial charge in [0.1, 0.15) is 5.69 Å². The fourth-order valence-corrected chi connectivity index (χ4v) is 2.18. The summed E-state index contributed by atoms with van der Waals surface area (Å²) in [4.78, 5) is 12.6. The molecule has 2 N–H and O–H groups in total. The molecule has 2 aromatic heterocycles. The Morgan fingerprint density at radius 1 is 1.17 bits per heavy atom. The van der Waals surface area contributed by atoms with Crippen LogP contribution in [0.25, 0.3) is 11.3 Å². The molecule has 2 heterocycles. The van der Waals surface area contributed by atoms with E-state index in [2.05, 4.69) is 30.8 Å². The number of rotatable bonds is 5. The van der Waals surface area contributed by atoms with Gasteiger partial charge in [0.05, 0.1) is 13.1 Å². The number of aliphatic imine (C=N–C) groups is 1. The Kier molecular flexibility index (Phi) is 4.85. The van der Waals surface area contributed by atoms with Crippen LogP contribution in [0.5, 0.6) is 0 Å². The third-order valence-electron chi connectivity index (χ3n) is 3.30. The third kappa shape index (κ3) is 3.78. The molecule has 0 atom stereocenters.